The van der Waals surface area contributed by atoms with Crippen molar-refractivity contribution in [3.63, 3.8) is 0 Å². The zero-order valence-electron chi connectivity index (χ0n) is 17.4. The van der Waals surface area contributed by atoms with Crippen LogP contribution in [0.1, 0.15) is 35.3 Å². The molecule has 1 saturated heterocycles. The predicted molar refractivity (Wildman–Crippen MR) is 114 cm³/mol. The predicted octanol–water partition coefficient (Wildman–Crippen LogP) is 3.76. The Balaban J connectivity index is 1.58. The van der Waals surface area contributed by atoms with Crippen molar-refractivity contribution in [2.75, 3.05) is 13.1 Å². The van der Waals surface area contributed by atoms with Crippen LogP contribution in [0.2, 0.25) is 0 Å². The van der Waals surface area contributed by atoms with Gasteiger partial charge in [0.2, 0.25) is 5.88 Å². The van der Waals surface area contributed by atoms with Gasteiger partial charge in [0.1, 0.15) is 12.2 Å². The molecular weight excluding hydrogens is 378 g/mol. The first-order chi connectivity index (χ1) is 14.6. The number of nitrogens with zero attached hydrogens (tertiary/aromatic N) is 3. The monoisotopic (exact) mass is 405 g/mol. The van der Waals surface area contributed by atoms with Crippen LogP contribution in [0.5, 0.6) is 5.88 Å². The van der Waals surface area contributed by atoms with Crippen molar-refractivity contribution in [3.05, 3.63) is 83.6 Å². The molecule has 0 N–H and O–H groups in total. The first-order valence-corrected chi connectivity index (χ1v) is 10.3. The molecule has 0 unspecified atom stereocenters. The zero-order valence-corrected chi connectivity index (χ0v) is 17.4. The van der Waals surface area contributed by atoms with Crippen LogP contribution in [0.25, 0.3) is 0 Å². The molecule has 1 aromatic heterocycles. The molecule has 0 bridgehead atoms. The molecule has 6 nitrogen and oxygen atoms in total. The molecule has 2 heterocycles. The molecule has 30 heavy (non-hydrogen) atoms. The third-order valence-electron chi connectivity index (χ3n) is 5.07. The second-order valence-electron chi connectivity index (χ2n) is 7.77. The van der Waals surface area contributed by atoms with Gasteiger partial charge in [0, 0.05) is 19.3 Å². The van der Waals surface area contributed by atoms with Gasteiger partial charge in [-0.15, -0.1) is 5.10 Å². The van der Waals surface area contributed by atoms with Crippen LogP contribution >= 0.6 is 0 Å². The van der Waals surface area contributed by atoms with Gasteiger partial charge in [0.05, 0.1) is 18.8 Å². The van der Waals surface area contributed by atoms with Crippen molar-refractivity contribution < 1.29 is 14.3 Å². The molecule has 4 rings (SSSR count). The Bertz CT molecular complexity index is 962. The smallest absolute Gasteiger partial charge is 0.261 e. The normalized spacial score (nSPS) is 18.9. The second kappa shape index (κ2) is 9.13. The summed E-state index contributed by atoms with van der Waals surface area (Å²) in [4.78, 5) is 15.2. The van der Waals surface area contributed by atoms with E-state index < -0.39 is 0 Å². The fraction of sp³-hybridized carbons (Fsp3) is 0.333. The summed E-state index contributed by atoms with van der Waals surface area (Å²) < 4.78 is 13.5. The quantitative estimate of drug-likeness (QED) is 0.627. The molecule has 2 atom stereocenters. The van der Waals surface area contributed by atoms with Crippen molar-refractivity contribution in [3.8, 4) is 5.88 Å². The molecule has 156 valence electrons. The molecule has 6 heteroatoms. The van der Waals surface area contributed by atoms with Crippen LogP contribution in [0.3, 0.4) is 0 Å². The number of morpholine rings is 1. The van der Waals surface area contributed by atoms with Gasteiger partial charge in [0.25, 0.3) is 5.91 Å². The fourth-order valence-electron chi connectivity index (χ4n) is 3.75. The Morgan fingerprint density at radius 3 is 2.23 bits per heavy atom. The maximum atomic E-state index is 13.3. The first kappa shape index (κ1) is 20.2. The molecule has 1 amide bonds. The molecule has 1 aliphatic rings. The number of hydrogen-bond donors (Lipinski definition) is 0. The Kier molecular flexibility index (Phi) is 6.14. The second-order valence-corrected chi connectivity index (χ2v) is 7.77. The van der Waals surface area contributed by atoms with E-state index in [2.05, 4.69) is 5.10 Å². The lowest BCUT2D eigenvalue weighted by Gasteiger charge is -2.35. The number of ether oxygens (including phenoxy) is 2. The fourth-order valence-corrected chi connectivity index (χ4v) is 3.75. The number of benzene rings is 2. The lowest BCUT2D eigenvalue weighted by atomic mass is 10.2. The van der Waals surface area contributed by atoms with Crippen molar-refractivity contribution in [2.45, 2.75) is 39.2 Å². The molecule has 1 aliphatic heterocycles. The highest BCUT2D eigenvalue weighted by molar-refractivity contribution is 5.96. The molecule has 0 radical (unpaired) electrons. The van der Waals surface area contributed by atoms with Crippen molar-refractivity contribution in [2.24, 2.45) is 0 Å². The van der Waals surface area contributed by atoms with E-state index in [1.54, 1.807) is 10.9 Å². The zero-order chi connectivity index (χ0) is 20.9. The summed E-state index contributed by atoms with van der Waals surface area (Å²) in [6.07, 6.45) is 1.80. The van der Waals surface area contributed by atoms with E-state index in [-0.39, 0.29) is 18.1 Å². The molecule has 2 aromatic carbocycles. The summed E-state index contributed by atoms with van der Waals surface area (Å²) in [6, 6.07) is 19.9. The van der Waals surface area contributed by atoms with Crippen LogP contribution in [0.4, 0.5) is 0 Å². The third-order valence-corrected chi connectivity index (χ3v) is 5.07. The van der Waals surface area contributed by atoms with E-state index in [1.165, 1.54) is 0 Å². The molecule has 0 saturated carbocycles. The van der Waals surface area contributed by atoms with Crippen LogP contribution < -0.4 is 4.74 Å². The van der Waals surface area contributed by atoms with Gasteiger partial charge in [-0.2, -0.15) is 0 Å². The summed E-state index contributed by atoms with van der Waals surface area (Å²) in [7, 11) is 0. The lowest BCUT2D eigenvalue weighted by Crippen LogP contribution is -2.48. The first-order valence-electron chi connectivity index (χ1n) is 10.3. The minimum atomic E-state index is -0.0700. The number of hydrogen-bond acceptors (Lipinski definition) is 4. The molecular formula is C24H27N3O3. The topological polar surface area (TPSA) is 56.6 Å². The maximum Gasteiger partial charge on any atom is 0.261 e. The van der Waals surface area contributed by atoms with Crippen molar-refractivity contribution in [1.29, 1.82) is 0 Å². The molecule has 3 aromatic rings. The van der Waals surface area contributed by atoms with Crippen LogP contribution in [0, 0.1) is 0 Å². The van der Waals surface area contributed by atoms with E-state index in [4.69, 9.17) is 9.47 Å². The number of rotatable bonds is 6. The average Bonchev–Trinajstić information content (AvgIpc) is 3.15. The molecule has 0 aliphatic carbocycles. The van der Waals surface area contributed by atoms with Gasteiger partial charge in [-0.1, -0.05) is 60.7 Å². The van der Waals surface area contributed by atoms with E-state index in [0.29, 0.717) is 37.7 Å². The Morgan fingerprint density at radius 2 is 1.60 bits per heavy atom. The Labute approximate surface area is 177 Å². The van der Waals surface area contributed by atoms with E-state index in [0.717, 1.165) is 11.1 Å². The van der Waals surface area contributed by atoms with Crippen LogP contribution in [-0.4, -0.2) is 45.9 Å². The largest absolute Gasteiger partial charge is 0.471 e. The average molecular weight is 405 g/mol. The lowest BCUT2D eigenvalue weighted by molar-refractivity contribution is -0.0586. The van der Waals surface area contributed by atoms with Gasteiger partial charge in [0.15, 0.2) is 0 Å². The highest BCUT2D eigenvalue weighted by Crippen LogP contribution is 2.23. The standard InChI is InChI=1S/C24H27N3O3/c1-18-13-26(14-19(2)30-18)24(28)22-16-27(15-20-9-5-3-6-10-20)25-23(22)29-17-21-11-7-4-8-12-21/h3-12,16,18-19H,13-15,17H2,1-2H3/t18-,19-/m0/s1. The Morgan fingerprint density at radius 1 is 1.00 bits per heavy atom. The summed E-state index contributed by atoms with van der Waals surface area (Å²) in [5, 5.41) is 4.59. The van der Waals surface area contributed by atoms with Crippen LogP contribution in [0.15, 0.2) is 66.9 Å². The number of carbonyl (C=O) groups is 1. The minimum Gasteiger partial charge on any atom is -0.471 e. The summed E-state index contributed by atoms with van der Waals surface area (Å²) >= 11 is 0. The molecule has 1 fully saturated rings. The van der Waals surface area contributed by atoms with E-state index in [1.807, 2.05) is 79.4 Å². The highest BCUT2D eigenvalue weighted by Gasteiger charge is 2.30. The van der Waals surface area contributed by atoms with Gasteiger partial charge < -0.3 is 14.4 Å². The van der Waals surface area contributed by atoms with E-state index >= 15 is 0 Å². The summed E-state index contributed by atoms with van der Waals surface area (Å²) in [5.74, 6) is 0.297. The SMILES string of the molecule is C[C@H]1CN(C(=O)c2cn(Cc3ccccc3)nc2OCc2ccccc2)C[C@H](C)O1. The van der Waals surface area contributed by atoms with Gasteiger partial charge in [-0.3, -0.25) is 9.48 Å². The van der Waals surface area contributed by atoms with Crippen LogP contribution in [-0.2, 0) is 17.9 Å². The minimum absolute atomic E-state index is 0.00532. The van der Waals surface area contributed by atoms with Crippen molar-refractivity contribution in [1.82, 2.24) is 14.7 Å². The summed E-state index contributed by atoms with van der Waals surface area (Å²) in [5.41, 5.74) is 2.63. The number of amides is 1. The van der Waals surface area contributed by atoms with Gasteiger partial charge in [-0.05, 0) is 25.0 Å². The number of aromatic nitrogens is 2. The van der Waals surface area contributed by atoms with E-state index in [9.17, 15) is 4.79 Å². The van der Waals surface area contributed by atoms with Gasteiger partial charge in [-0.25, -0.2) is 0 Å². The Hall–Kier alpha value is -3.12. The maximum absolute atomic E-state index is 13.3. The third kappa shape index (κ3) is 4.89. The molecule has 0 spiro atoms. The summed E-state index contributed by atoms with van der Waals surface area (Å²) in [6.45, 7) is 6.03. The highest BCUT2D eigenvalue weighted by atomic mass is 16.5. The van der Waals surface area contributed by atoms with Gasteiger partial charge >= 0.3 is 0 Å². The van der Waals surface area contributed by atoms with Crippen molar-refractivity contribution >= 4 is 5.91 Å². The number of carbonyl (C=O) groups excluding carboxylic acids is 1.